The maximum Gasteiger partial charge on any atom is 0.342 e. The molecule has 0 aliphatic rings. The molecular formula is C23H22ClN5O5. The zero-order valence-corrected chi connectivity index (χ0v) is 19.8. The third kappa shape index (κ3) is 4.19. The zero-order valence-electron chi connectivity index (χ0n) is 19.0. The number of rotatable bonds is 6. The van der Waals surface area contributed by atoms with Gasteiger partial charge in [-0.2, -0.15) is 10.1 Å². The third-order valence-electron chi connectivity index (χ3n) is 5.16. The van der Waals surface area contributed by atoms with E-state index in [4.69, 9.17) is 31.2 Å². The molecule has 0 saturated carbocycles. The highest BCUT2D eigenvalue weighted by atomic mass is 35.5. The van der Waals surface area contributed by atoms with Gasteiger partial charge in [-0.25, -0.2) is 19.3 Å². The molecule has 0 radical (unpaired) electrons. The number of fused-ring (bicyclic) bond motifs is 1. The van der Waals surface area contributed by atoms with Crippen molar-refractivity contribution in [3.63, 3.8) is 0 Å². The first-order valence-electron chi connectivity index (χ1n) is 10.4. The Morgan fingerprint density at radius 1 is 1.09 bits per heavy atom. The molecule has 0 fully saturated rings. The van der Waals surface area contributed by atoms with E-state index in [1.165, 1.54) is 0 Å². The number of carbonyl (C=O) groups excluding carboxylic acids is 2. The molecule has 0 bridgehead atoms. The number of hydrogen-bond donors (Lipinski definition) is 1. The number of halogens is 1. The maximum atomic E-state index is 12.5. The van der Waals surface area contributed by atoms with Crippen LogP contribution < -0.4 is 5.73 Å². The highest BCUT2D eigenvalue weighted by molar-refractivity contribution is 6.31. The van der Waals surface area contributed by atoms with E-state index in [-0.39, 0.29) is 41.5 Å². The Balaban J connectivity index is 1.50. The van der Waals surface area contributed by atoms with E-state index < -0.39 is 11.9 Å². The average molecular weight is 484 g/mol. The van der Waals surface area contributed by atoms with Crippen molar-refractivity contribution in [1.82, 2.24) is 19.7 Å². The number of ether oxygens (including phenoxy) is 2. The summed E-state index contributed by atoms with van der Waals surface area (Å²) >= 11 is 6.21. The molecule has 4 aromatic rings. The lowest BCUT2D eigenvalue weighted by atomic mass is 10.2. The van der Waals surface area contributed by atoms with E-state index in [1.807, 2.05) is 13.8 Å². The molecule has 10 nitrogen and oxygen atoms in total. The summed E-state index contributed by atoms with van der Waals surface area (Å²) in [6.07, 6.45) is 0. The highest BCUT2D eigenvalue weighted by Crippen LogP contribution is 2.29. The van der Waals surface area contributed by atoms with Crippen LogP contribution in [0.15, 0.2) is 28.7 Å². The molecule has 4 rings (SSSR count). The number of nitrogen functional groups attached to an aromatic ring is 1. The van der Waals surface area contributed by atoms with Gasteiger partial charge in [0, 0.05) is 0 Å². The number of anilines is 1. The second-order valence-corrected chi connectivity index (χ2v) is 7.86. The molecule has 0 unspecified atom stereocenters. The molecule has 2 N–H and O–H groups in total. The molecule has 0 aliphatic carbocycles. The van der Waals surface area contributed by atoms with Gasteiger partial charge < -0.3 is 19.6 Å². The van der Waals surface area contributed by atoms with Gasteiger partial charge in [0.15, 0.2) is 12.4 Å². The summed E-state index contributed by atoms with van der Waals surface area (Å²) in [5, 5.41) is 5.26. The van der Waals surface area contributed by atoms with Crippen LogP contribution in [0.2, 0.25) is 5.02 Å². The predicted molar refractivity (Wildman–Crippen MR) is 124 cm³/mol. The van der Waals surface area contributed by atoms with E-state index in [1.54, 1.807) is 42.8 Å². The van der Waals surface area contributed by atoms with Crippen molar-refractivity contribution in [3.8, 4) is 5.69 Å². The molecule has 0 atom stereocenters. The Hall–Kier alpha value is -3.92. The van der Waals surface area contributed by atoms with E-state index >= 15 is 0 Å². The van der Waals surface area contributed by atoms with Gasteiger partial charge in [-0.15, -0.1) is 0 Å². The summed E-state index contributed by atoms with van der Waals surface area (Å²) < 4.78 is 17.7. The van der Waals surface area contributed by atoms with Gasteiger partial charge in [0.05, 0.1) is 39.7 Å². The molecule has 176 valence electrons. The first-order chi connectivity index (χ1) is 16.2. The van der Waals surface area contributed by atoms with E-state index in [9.17, 15) is 9.59 Å². The molecule has 11 heteroatoms. The lowest BCUT2D eigenvalue weighted by Crippen LogP contribution is -2.10. The number of aromatic nitrogens is 4. The van der Waals surface area contributed by atoms with Crippen LogP contribution in [0, 0.1) is 20.8 Å². The van der Waals surface area contributed by atoms with Crippen LogP contribution in [0.4, 0.5) is 5.82 Å². The maximum absolute atomic E-state index is 12.5. The van der Waals surface area contributed by atoms with Gasteiger partial charge in [0.1, 0.15) is 17.1 Å². The summed E-state index contributed by atoms with van der Waals surface area (Å²) in [7, 11) is 0. The summed E-state index contributed by atoms with van der Waals surface area (Å²) in [5.41, 5.74) is 8.97. The van der Waals surface area contributed by atoms with Crippen molar-refractivity contribution < 1.29 is 23.5 Å². The van der Waals surface area contributed by atoms with Crippen molar-refractivity contribution in [2.45, 2.75) is 34.3 Å². The molecule has 3 aromatic heterocycles. The standard InChI is InChI=1S/C23H22ClN5O5/c1-5-32-23(31)17-13(4)34-21-18(17)20(25)26-16(27-21)10-33-22(30)14-6-8-15(9-7-14)29-12(3)19(24)11(2)28-29/h6-9H,5,10H2,1-4H3,(H2,25,26,27). The van der Waals surface area contributed by atoms with Crippen molar-refractivity contribution in [2.75, 3.05) is 12.3 Å². The number of aryl methyl sites for hydroxylation is 2. The SMILES string of the molecule is CCOC(=O)c1c(C)oc2nc(COC(=O)c3ccc(-n4nc(C)c(Cl)c4C)cc3)nc(N)c12. The van der Waals surface area contributed by atoms with Crippen LogP contribution in [-0.4, -0.2) is 38.3 Å². The van der Waals surface area contributed by atoms with Crippen molar-refractivity contribution in [3.05, 3.63) is 63.4 Å². The van der Waals surface area contributed by atoms with Gasteiger partial charge in [-0.05, 0) is 52.0 Å². The van der Waals surface area contributed by atoms with Crippen LogP contribution in [0.1, 0.15) is 50.6 Å². The number of carbonyl (C=O) groups is 2. The topological polar surface area (TPSA) is 135 Å². The lowest BCUT2D eigenvalue weighted by Gasteiger charge is -2.07. The Labute approximate surface area is 199 Å². The van der Waals surface area contributed by atoms with Crippen LogP contribution in [0.25, 0.3) is 16.8 Å². The smallest absolute Gasteiger partial charge is 0.342 e. The lowest BCUT2D eigenvalue weighted by molar-refractivity contribution is 0.0461. The Morgan fingerprint density at radius 3 is 2.41 bits per heavy atom. The fourth-order valence-electron chi connectivity index (χ4n) is 3.52. The number of nitrogens with zero attached hydrogens (tertiary/aromatic N) is 4. The highest BCUT2D eigenvalue weighted by Gasteiger charge is 2.24. The number of esters is 2. The van der Waals surface area contributed by atoms with Crippen LogP contribution in [0.3, 0.4) is 0 Å². The molecule has 0 saturated heterocycles. The van der Waals surface area contributed by atoms with Crippen LogP contribution >= 0.6 is 11.6 Å². The number of furan rings is 1. The first kappa shape index (κ1) is 23.2. The first-order valence-corrected chi connectivity index (χ1v) is 10.8. The number of nitrogens with two attached hydrogens (primary N) is 1. The summed E-state index contributed by atoms with van der Waals surface area (Å²) in [6.45, 7) is 6.97. The molecule has 0 amide bonds. The molecular weight excluding hydrogens is 462 g/mol. The van der Waals surface area contributed by atoms with Gasteiger partial charge in [-0.3, -0.25) is 0 Å². The summed E-state index contributed by atoms with van der Waals surface area (Å²) in [5.74, 6) is -0.657. The quantitative estimate of drug-likeness (QED) is 0.402. The van der Waals surface area contributed by atoms with Crippen LogP contribution in [0.5, 0.6) is 0 Å². The molecule has 34 heavy (non-hydrogen) atoms. The second-order valence-electron chi connectivity index (χ2n) is 7.48. The third-order valence-corrected chi connectivity index (χ3v) is 5.71. The van der Waals surface area contributed by atoms with Gasteiger partial charge in [0.25, 0.3) is 0 Å². The molecule has 3 heterocycles. The number of benzene rings is 1. The summed E-state index contributed by atoms with van der Waals surface area (Å²) in [4.78, 5) is 33.1. The second kappa shape index (κ2) is 9.14. The molecule has 0 spiro atoms. The monoisotopic (exact) mass is 483 g/mol. The predicted octanol–water partition coefficient (Wildman–Crippen LogP) is 4.10. The van der Waals surface area contributed by atoms with Crippen molar-refractivity contribution >= 4 is 40.5 Å². The molecule has 1 aromatic carbocycles. The fraction of sp³-hybridized carbons (Fsp3) is 0.261. The van der Waals surface area contributed by atoms with Gasteiger partial charge in [0.2, 0.25) is 5.71 Å². The van der Waals surface area contributed by atoms with E-state index in [0.29, 0.717) is 16.3 Å². The Morgan fingerprint density at radius 2 is 1.79 bits per heavy atom. The Bertz CT molecular complexity index is 1410. The number of hydrogen-bond acceptors (Lipinski definition) is 9. The van der Waals surface area contributed by atoms with Crippen molar-refractivity contribution in [2.24, 2.45) is 0 Å². The van der Waals surface area contributed by atoms with Crippen LogP contribution in [-0.2, 0) is 16.1 Å². The molecule has 0 aliphatic heterocycles. The largest absolute Gasteiger partial charge is 0.462 e. The minimum atomic E-state index is -0.570. The van der Waals surface area contributed by atoms with Crippen molar-refractivity contribution in [1.29, 1.82) is 0 Å². The van der Waals surface area contributed by atoms with E-state index in [0.717, 1.165) is 17.1 Å². The minimum absolute atomic E-state index is 0.0313. The average Bonchev–Trinajstić information content (AvgIpc) is 3.28. The van der Waals surface area contributed by atoms with E-state index in [2.05, 4.69) is 15.1 Å². The fourth-order valence-corrected chi connectivity index (χ4v) is 3.64. The van der Waals surface area contributed by atoms with Gasteiger partial charge >= 0.3 is 11.9 Å². The normalized spacial score (nSPS) is 11.1. The zero-order chi connectivity index (χ0) is 24.6. The van der Waals surface area contributed by atoms with Gasteiger partial charge in [-0.1, -0.05) is 11.6 Å². The minimum Gasteiger partial charge on any atom is -0.462 e. The summed E-state index contributed by atoms with van der Waals surface area (Å²) in [6, 6.07) is 6.74. The Kier molecular flexibility index (Phi) is 6.25.